The van der Waals surface area contributed by atoms with Crippen LogP contribution in [0.25, 0.3) is 6.08 Å². The molecule has 1 amide bonds. The number of nitrogens with zero attached hydrogens (tertiary/aromatic N) is 2. The first kappa shape index (κ1) is 22.9. The van der Waals surface area contributed by atoms with Gasteiger partial charge in [-0.25, -0.2) is 0 Å². The number of carbonyl (C=O) groups is 1. The van der Waals surface area contributed by atoms with E-state index in [-0.39, 0.29) is 11.1 Å². The second-order valence-corrected chi connectivity index (χ2v) is 9.72. The molecule has 0 saturated heterocycles. The summed E-state index contributed by atoms with van der Waals surface area (Å²) in [5.41, 5.74) is 5.19. The highest BCUT2D eigenvalue weighted by Crippen LogP contribution is 2.45. The summed E-state index contributed by atoms with van der Waals surface area (Å²) < 4.78 is 0. The van der Waals surface area contributed by atoms with Crippen molar-refractivity contribution >= 4 is 35.0 Å². The van der Waals surface area contributed by atoms with E-state index in [0.717, 1.165) is 17.5 Å². The second-order valence-electron chi connectivity index (χ2n) is 9.28. The van der Waals surface area contributed by atoms with Crippen LogP contribution in [-0.2, 0) is 4.79 Å². The summed E-state index contributed by atoms with van der Waals surface area (Å²) in [6, 6.07) is 13.6. The average Bonchev–Trinajstić information content (AvgIpc) is 2.67. The van der Waals surface area contributed by atoms with Gasteiger partial charge in [-0.15, -0.1) is 0 Å². The Morgan fingerprint density at radius 2 is 1.94 bits per heavy atom. The number of anilines is 2. The highest BCUT2D eigenvalue weighted by molar-refractivity contribution is 6.30. The van der Waals surface area contributed by atoms with Gasteiger partial charge in [-0.05, 0) is 106 Å². The summed E-state index contributed by atoms with van der Waals surface area (Å²) in [4.78, 5) is 15.2. The van der Waals surface area contributed by atoms with Crippen molar-refractivity contribution in [2.75, 3.05) is 10.2 Å². The Hall–Kier alpha value is -2.77. The summed E-state index contributed by atoms with van der Waals surface area (Å²) in [6.07, 6.45) is 2.74. The third kappa shape index (κ3) is 4.78. The van der Waals surface area contributed by atoms with Crippen LogP contribution in [0.15, 0.2) is 42.0 Å². The Kier molecular flexibility index (Phi) is 6.48. The zero-order valence-corrected chi connectivity index (χ0v) is 19.8. The predicted molar refractivity (Wildman–Crippen MR) is 130 cm³/mol. The molecule has 0 aromatic heterocycles. The molecular weight excluding hydrogens is 406 g/mol. The molecule has 1 N–H and O–H groups in total. The van der Waals surface area contributed by atoms with Crippen LogP contribution >= 0.6 is 11.6 Å². The molecule has 5 heteroatoms. The monoisotopic (exact) mass is 435 g/mol. The SMILES string of the molecule is Cc1cc2c(cc1/C=C(/C#N)C(=O)Nc1ccc(Cl)cc1)C(C)CC(C)(C)N2C(C)C. The van der Waals surface area contributed by atoms with Gasteiger partial charge in [-0.1, -0.05) is 18.5 Å². The van der Waals surface area contributed by atoms with E-state index < -0.39 is 5.91 Å². The minimum absolute atomic E-state index is 0.0701. The number of rotatable bonds is 4. The standard InChI is InChI=1S/C26H30ClN3O/c1-16(2)30-24-11-17(3)19(13-23(24)18(4)14-26(30,5)6)12-20(15-28)25(31)29-22-9-7-21(27)8-10-22/h7-13,16,18H,14H2,1-6H3,(H,29,31)/b20-12-. The zero-order chi connectivity index (χ0) is 22.9. The third-order valence-electron chi connectivity index (χ3n) is 5.95. The molecular formula is C26H30ClN3O. The molecule has 1 heterocycles. The van der Waals surface area contributed by atoms with E-state index in [1.165, 1.54) is 11.3 Å². The Balaban J connectivity index is 1.98. The first-order chi connectivity index (χ1) is 14.5. The molecule has 1 aliphatic rings. The lowest BCUT2D eigenvalue weighted by atomic mass is 9.78. The van der Waals surface area contributed by atoms with Crippen molar-refractivity contribution < 1.29 is 4.79 Å². The van der Waals surface area contributed by atoms with Crippen molar-refractivity contribution in [1.29, 1.82) is 5.26 Å². The van der Waals surface area contributed by atoms with Crippen LogP contribution in [0.2, 0.25) is 5.02 Å². The smallest absolute Gasteiger partial charge is 0.266 e. The molecule has 2 aromatic carbocycles. The molecule has 3 rings (SSSR count). The van der Waals surface area contributed by atoms with Crippen molar-refractivity contribution in [2.45, 2.75) is 65.5 Å². The van der Waals surface area contributed by atoms with Crippen molar-refractivity contribution in [3.63, 3.8) is 0 Å². The molecule has 0 spiro atoms. The van der Waals surface area contributed by atoms with Crippen molar-refractivity contribution in [1.82, 2.24) is 0 Å². The van der Waals surface area contributed by atoms with Gasteiger partial charge < -0.3 is 10.2 Å². The molecule has 2 aromatic rings. The second kappa shape index (κ2) is 8.77. The Bertz CT molecular complexity index is 1060. The minimum atomic E-state index is -0.431. The molecule has 0 bridgehead atoms. The normalized spacial score (nSPS) is 17.8. The fourth-order valence-electron chi connectivity index (χ4n) is 4.78. The minimum Gasteiger partial charge on any atom is -0.364 e. The summed E-state index contributed by atoms with van der Waals surface area (Å²) in [5.74, 6) is -0.0406. The summed E-state index contributed by atoms with van der Waals surface area (Å²) in [6.45, 7) is 13.3. The van der Waals surface area contributed by atoms with Gasteiger partial charge in [0.25, 0.3) is 5.91 Å². The maximum absolute atomic E-state index is 12.7. The summed E-state index contributed by atoms with van der Waals surface area (Å²) in [5, 5.41) is 13.0. The predicted octanol–water partition coefficient (Wildman–Crippen LogP) is 6.69. The van der Waals surface area contributed by atoms with Crippen molar-refractivity contribution in [3.8, 4) is 6.07 Å². The van der Waals surface area contributed by atoms with Gasteiger partial charge in [0.2, 0.25) is 0 Å². The highest BCUT2D eigenvalue weighted by Gasteiger charge is 2.37. The van der Waals surface area contributed by atoms with Gasteiger partial charge >= 0.3 is 0 Å². The summed E-state index contributed by atoms with van der Waals surface area (Å²) >= 11 is 5.90. The molecule has 1 atom stereocenters. The number of nitrogens with one attached hydrogen (secondary N) is 1. The number of hydrogen-bond acceptors (Lipinski definition) is 3. The molecule has 0 fully saturated rings. The van der Waals surface area contributed by atoms with Gasteiger partial charge in [0, 0.05) is 28.0 Å². The number of carbonyl (C=O) groups excluding carboxylic acids is 1. The van der Waals surface area contributed by atoms with Gasteiger partial charge in [-0.2, -0.15) is 5.26 Å². The van der Waals surface area contributed by atoms with Crippen LogP contribution < -0.4 is 10.2 Å². The quantitative estimate of drug-likeness (QED) is 0.429. The van der Waals surface area contributed by atoms with Crippen LogP contribution in [0.1, 0.15) is 63.6 Å². The topological polar surface area (TPSA) is 56.1 Å². The van der Waals surface area contributed by atoms with E-state index in [1.807, 2.05) is 6.92 Å². The van der Waals surface area contributed by atoms with Crippen LogP contribution in [0.3, 0.4) is 0 Å². The zero-order valence-electron chi connectivity index (χ0n) is 19.1. The molecule has 0 aliphatic carbocycles. The number of halogens is 1. The van der Waals surface area contributed by atoms with Gasteiger partial charge in [-0.3, -0.25) is 4.79 Å². The molecule has 0 saturated carbocycles. The fraction of sp³-hybridized carbons (Fsp3) is 0.385. The van der Waals surface area contributed by atoms with Gasteiger partial charge in [0.05, 0.1) is 0 Å². The van der Waals surface area contributed by atoms with E-state index in [2.05, 4.69) is 63.0 Å². The molecule has 162 valence electrons. The summed E-state index contributed by atoms with van der Waals surface area (Å²) in [7, 11) is 0. The van der Waals surface area contributed by atoms with Crippen molar-refractivity contribution in [3.05, 3.63) is 63.7 Å². The maximum atomic E-state index is 12.7. The number of benzene rings is 2. The highest BCUT2D eigenvalue weighted by atomic mass is 35.5. The van der Waals surface area contributed by atoms with Crippen LogP contribution in [0, 0.1) is 18.3 Å². The van der Waals surface area contributed by atoms with Crippen LogP contribution in [-0.4, -0.2) is 17.5 Å². The van der Waals surface area contributed by atoms with Crippen molar-refractivity contribution in [2.24, 2.45) is 0 Å². The Morgan fingerprint density at radius 3 is 2.52 bits per heavy atom. The van der Waals surface area contributed by atoms with E-state index >= 15 is 0 Å². The lowest BCUT2D eigenvalue weighted by molar-refractivity contribution is -0.112. The number of nitriles is 1. The van der Waals surface area contributed by atoms with E-state index in [9.17, 15) is 10.1 Å². The molecule has 31 heavy (non-hydrogen) atoms. The van der Waals surface area contributed by atoms with E-state index in [4.69, 9.17) is 11.6 Å². The van der Waals surface area contributed by atoms with Gasteiger partial charge in [0.15, 0.2) is 0 Å². The number of aryl methyl sites for hydroxylation is 1. The third-order valence-corrected chi connectivity index (χ3v) is 6.20. The number of amides is 1. The fourth-order valence-corrected chi connectivity index (χ4v) is 4.91. The Labute approximate surface area is 190 Å². The Morgan fingerprint density at radius 1 is 1.29 bits per heavy atom. The first-order valence-corrected chi connectivity index (χ1v) is 11.0. The largest absolute Gasteiger partial charge is 0.364 e. The lowest BCUT2D eigenvalue weighted by Gasteiger charge is -2.50. The lowest BCUT2D eigenvalue weighted by Crippen LogP contribution is -2.51. The average molecular weight is 436 g/mol. The van der Waals surface area contributed by atoms with Gasteiger partial charge in [0.1, 0.15) is 11.6 Å². The van der Waals surface area contributed by atoms with Crippen LogP contribution in [0.4, 0.5) is 11.4 Å². The van der Waals surface area contributed by atoms with E-state index in [0.29, 0.717) is 22.7 Å². The first-order valence-electron chi connectivity index (χ1n) is 10.7. The maximum Gasteiger partial charge on any atom is 0.266 e. The molecule has 1 unspecified atom stereocenters. The van der Waals surface area contributed by atoms with Crippen LogP contribution in [0.5, 0.6) is 0 Å². The van der Waals surface area contributed by atoms with E-state index in [1.54, 1.807) is 30.3 Å². The molecule has 0 radical (unpaired) electrons. The molecule has 4 nitrogen and oxygen atoms in total. The number of hydrogen-bond donors (Lipinski definition) is 1. The molecule has 1 aliphatic heterocycles. The number of fused-ring (bicyclic) bond motifs is 1.